The Labute approximate surface area is 130 Å². The molecule has 1 rings (SSSR count). The first kappa shape index (κ1) is 18.6. The second-order valence-corrected chi connectivity index (χ2v) is 4.97. The van der Waals surface area contributed by atoms with Crippen molar-refractivity contribution < 1.29 is 36.2 Å². The van der Waals surface area contributed by atoms with Gasteiger partial charge in [0.2, 0.25) is 0 Å². The van der Waals surface area contributed by atoms with Gasteiger partial charge in [0, 0.05) is 10.0 Å². The van der Waals surface area contributed by atoms with Gasteiger partial charge in [-0.2, -0.15) is 8.78 Å². The Morgan fingerprint density at radius 3 is 2.41 bits per heavy atom. The van der Waals surface area contributed by atoms with Crippen molar-refractivity contribution in [3.8, 4) is 5.75 Å². The lowest BCUT2D eigenvalue weighted by Crippen LogP contribution is -2.42. The lowest BCUT2D eigenvalue weighted by atomic mass is 10.0. The highest BCUT2D eigenvalue weighted by atomic mass is 79.9. The molecule has 0 saturated carbocycles. The van der Waals surface area contributed by atoms with E-state index < -0.39 is 35.6 Å². The van der Waals surface area contributed by atoms with Crippen LogP contribution in [0.25, 0.3) is 0 Å². The van der Waals surface area contributed by atoms with Crippen molar-refractivity contribution >= 4 is 21.9 Å². The van der Waals surface area contributed by atoms with Crippen LogP contribution in [-0.4, -0.2) is 24.9 Å². The third-order valence-corrected chi connectivity index (χ3v) is 2.96. The number of ether oxygens (including phenoxy) is 2. The van der Waals surface area contributed by atoms with Crippen LogP contribution in [0.4, 0.5) is 22.0 Å². The van der Waals surface area contributed by atoms with Crippen LogP contribution in [0.3, 0.4) is 0 Å². The molecule has 0 aliphatic rings. The summed E-state index contributed by atoms with van der Waals surface area (Å²) in [5.74, 6) is -7.08. The Morgan fingerprint density at radius 1 is 1.32 bits per heavy atom. The molecule has 0 fully saturated rings. The minimum absolute atomic E-state index is 0.187. The van der Waals surface area contributed by atoms with Gasteiger partial charge < -0.3 is 15.2 Å². The maximum atomic E-state index is 13.9. The van der Waals surface area contributed by atoms with Crippen LogP contribution >= 0.6 is 15.9 Å². The maximum absolute atomic E-state index is 13.9. The summed E-state index contributed by atoms with van der Waals surface area (Å²) in [5, 5.41) is 0. The van der Waals surface area contributed by atoms with Gasteiger partial charge in [-0.25, -0.2) is 4.79 Å². The fraction of sp³-hybridized carbons (Fsp3) is 0.417. The average Bonchev–Trinajstić information content (AvgIpc) is 2.38. The predicted molar refractivity (Wildman–Crippen MR) is 69.3 cm³/mol. The largest absolute Gasteiger partial charge is 0.573 e. The summed E-state index contributed by atoms with van der Waals surface area (Å²) < 4.78 is 72.7. The molecule has 0 saturated heterocycles. The van der Waals surface area contributed by atoms with E-state index in [0.717, 1.165) is 18.2 Å². The van der Waals surface area contributed by atoms with Gasteiger partial charge in [0.25, 0.3) is 0 Å². The van der Waals surface area contributed by atoms with E-state index in [4.69, 9.17) is 5.73 Å². The highest BCUT2D eigenvalue weighted by Crippen LogP contribution is 2.38. The maximum Gasteiger partial charge on any atom is 0.573 e. The molecule has 2 N–H and O–H groups in total. The number of nitrogens with two attached hydrogens (primary N) is 1. The van der Waals surface area contributed by atoms with Gasteiger partial charge in [-0.3, -0.25) is 0 Å². The van der Waals surface area contributed by atoms with Crippen LogP contribution < -0.4 is 10.5 Å². The highest BCUT2D eigenvalue weighted by Gasteiger charge is 2.49. The van der Waals surface area contributed by atoms with Crippen molar-refractivity contribution in [3.63, 3.8) is 0 Å². The highest BCUT2D eigenvalue weighted by molar-refractivity contribution is 9.10. The molecule has 0 aliphatic carbocycles. The van der Waals surface area contributed by atoms with Gasteiger partial charge in [-0.15, -0.1) is 13.2 Å². The van der Waals surface area contributed by atoms with Gasteiger partial charge in [0.15, 0.2) is 0 Å². The van der Waals surface area contributed by atoms with E-state index in [9.17, 15) is 26.7 Å². The minimum atomic E-state index is -5.10. The molecule has 4 nitrogen and oxygen atoms in total. The summed E-state index contributed by atoms with van der Waals surface area (Å²) in [6.07, 6.45) is -5.10. The van der Waals surface area contributed by atoms with Crippen LogP contribution in [0.1, 0.15) is 18.5 Å². The fourth-order valence-corrected chi connectivity index (χ4v) is 1.91. The second kappa shape index (κ2) is 6.78. The van der Waals surface area contributed by atoms with Gasteiger partial charge in [0.1, 0.15) is 11.8 Å². The van der Waals surface area contributed by atoms with E-state index in [2.05, 4.69) is 25.4 Å². The van der Waals surface area contributed by atoms with E-state index in [-0.39, 0.29) is 11.1 Å². The molecule has 124 valence electrons. The lowest BCUT2D eigenvalue weighted by molar-refractivity contribution is -0.275. The first-order valence-electron chi connectivity index (χ1n) is 5.84. The van der Waals surface area contributed by atoms with E-state index in [1.807, 2.05) is 0 Å². The number of benzene rings is 1. The predicted octanol–water partition coefficient (Wildman–Crippen LogP) is 3.55. The number of carbonyl (C=O) groups excluding carboxylic acids is 1. The van der Waals surface area contributed by atoms with Gasteiger partial charge in [-0.1, -0.05) is 15.9 Å². The standard InChI is InChI=1S/C12H11BrF5NO3/c1-2-21-10(20)11(14,15)9(19)7-5-6(13)3-4-8(7)22-12(16,17)18/h3-5,9H,2,19H2,1H3/t9-/m1/s1. The van der Waals surface area contributed by atoms with Crippen molar-refractivity contribution in [2.24, 2.45) is 5.73 Å². The third kappa shape index (κ3) is 4.54. The minimum Gasteiger partial charge on any atom is -0.462 e. The zero-order chi connectivity index (χ0) is 17.1. The number of halogens is 6. The zero-order valence-electron chi connectivity index (χ0n) is 11.1. The Hall–Kier alpha value is -1.42. The van der Waals surface area contributed by atoms with E-state index >= 15 is 0 Å². The van der Waals surface area contributed by atoms with Gasteiger partial charge >= 0.3 is 18.3 Å². The average molecular weight is 392 g/mol. The molecule has 0 unspecified atom stereocenters. The van der Waals surface area contributed by atoms with Crippen LogP contribution in [-0.2, 0) is 9.53 Å². The summed E-state index contributed by atoms with van der Waals surface area (Å²) in [4.78, 5) is 11.2. The summed E-state index contributed by atoms with van der Waals surface area (Å²) >= 11 is 2.93. The second-order valence-electron chi connectivity index (χ2n) is 4.05. The molecule has 0 aromatic heterocycles. The Kier molecular flexibility index (Phi) is 5.74. The number of hydrogen-bond acceptors (Lipinski definition) is 4. The first-order chi connectivity index (χ1) is 9.99. The molecule has 0 heterocycles. The molecular weight excluding hydrogens is 381 g/mol. The number of esters is 1. The molecule has 10 heteroatoms. The Morgan fingerprint density at radius 2 is 1.91 bits per heavy atom. The van der Waals surface area contributed by atoms with Gasteiger partial charge in [-0.05, 0) is 25.1 Å². The van der Waals surface area contributed by atoms with Crippen molar-refractivity contribution in [2.75, 3.05) is 6.61 Å². The zero-order valence-corrected chi connectivity index (χ0v) is 12.7. The van der Waals surface area contributed by atoms with Crippen molar-refractivity contribution in [1.29, 1.82) is 0 Å². The molecule has 1 aromatic rings. The molecule has 0 radical (unpaired) electrons. The van der Waals surface area contributed by atoms with Crippen LogP contribution in [0.2, 0.25) is 0 Å². The number of alkyl halides is 5. The number of carbonyl (C=O) groups is 1. The summed E-state index contributed by atoms with van der Waals surface area (Å²) in [6, 6.07) is 0.508. The lowest BCUT2D eigenvalue weighted by Gasteiger charge is -2.24. The van der Waals surface area contributed by atoms with Gasteiger partial charge in [0.05, 0.1) is 6.61 Å². The van der Waals surface area contributed by atoms with Crippen molar-refractivity contribution in [1.82, 2.24) is 0 Å². The Bertz CT molecular complexity index is 550. The van der Waals surface area contributed by atoms with Crippen molar-refractivity contribution in [2.45, 2.75) is 25.3 Å². The third-order valence-electron chi connectivity index (χ3n) is 2.47. The monoisotopic (exact) mass is 391 g/mol. The molecular formula is C12H11BrF5NO3. The van der Waals surface area contributed by atoms with Crippen molar-refractivity contribution in [3.05, 3.63) is 28.2 Å². The molecule has 22 heavy (non-hydrogen) atoms. The molecule has 0 spiro atoms. The summed E-state index contributed by atoms with van der Waals surface area (Å²) in [6.45, 7) is 0.975. The fourth-order valence-electron chi connectivity index (χ4n) is 1.53. The Balaban J connectivity index is 3.23. The number of hydrogen-bond donors (Lipinski definition) is 1. The van der Waals surface area contributed by atoms with E-state index in [1.165, 1.54) is 6.92 Å². The quantitative estimate of drug-likeness (QED) is 0.615. The van der Waals surface area contributed by atoms with E-state index in [0.29, 0.717) is 0 Å². The molecule has 0 amide bonds. The number of rotatable bonds is 5. The van der Waals surface area contributed by atoms with Crippen LogP contribution in [0.5, 0.6) is 5.75 Å². The van der Waals surface area contributed by atoms with E-state index in [1.54, 1.807) is 0 Å². The summed E-state index contributed by atoms with van der Waals surface area (Å²) in [5.41, 5.74) is 4.58. The SMILES string of the molecule is CCOC(=O)C(F)(F)[C@H](N)c1cc(Br)ccc1OC(F)(F)F. The molecule has 1 atom stereocenters. The molecule has 0 aliphatic heterocycles. The molecule has 1 aromatic carbocycles. The normalized spacial score (nSPS) is 13.6. The summed E-state index contributed by atoms with van der Waals surface area (Å²) in [7, 11) is 0. The van der Waals surface area contributed by atoms with Crippen LogP contribution in [0, 0.1) is 0 Å². The first-order valence-corrected chi connectivity index (χ1v) is 6.64. The smallest absolute Gasteiger partial charge is 0.462 e. The molecule has 0 bridgehead atoms. The topological polar surface area (TPSA) is 61.5 Å². The van der Waals surface area contributed by atoms with Crippen LogP contribution in [0.15, 0.2) is 22.7 Å².